The molecule has 5 amide bonds. The van der Waals surface area contributed by atoms with Crippen LogP contribution in [0.1, 0.15) is 24.8 Å². The van der Waals surface area contributed by atoms with Crippen LogP contribution in [0.15, 0.2) is 52.4 Å². The molecule has 14 N–H and O–H groups in total. The van der Waals surface area contributed by atoms with Crippen molar-refractivity contribution in [1.29, 1.82) is 0 Å². The van der Waals surface area contributed by atoms with Crippen LogP contribution in [0.3, 0.4) is 0 Å². The lowest BCUT2D eigenvalue weighted by atomic mass is 10.00. The molecule has 1 saturated heterocycles. The number of benzene rings is 2. The van der Waals surface area contributed by atoms with Gasteiger partial charge in [-0.1, -0.05) is 64.1 Å². The molecular formula is C29H41N11O5S2. The summed E-state index contributed by atoms with van der Waals surface area (Å²) in [5.41, 5.74) is 27.9. The number of aliphatic imine (C=N–C) groups is 2. The van der Waals surface area contributed by atoms with Gasteiger partial charge in [-0.15, -0.1) is 0 Å². The second-order valence-electron chi connectivity index (χ2n) is 10.7. The van der Waals surface area contributed by atoms with E-state index in [4.69, 9.17) is 28.7 Å². The fraction of sp³-hybridized carbons (Fsp3) is 0.414. The molecule has 0 saturated carbocycles. The second-order valence-corrected chi connectivity index (χ2v) is 13.2. The summed E-state index contributed by atoms with van der Waals surface area (Å²) in [6.07, 6.45) is 0.407. The van der Waals surface area contributed by atoms with Crippen LogP contribution in [-0.2, 0) is 30.4 Å². The maximum atomic E-state index is 13.7. The zero-order valence-corrected chi connectivity index (χ0v) is 27.3. The van der Waals surface area contributed by atoms with Gasteiger partial charge < -0.3 is 49.9 Å². The summed E-state index contributed by atoms with van der Waals surface area (Å²) in [6.45, 7) is 0.194. The van der Waals surface area contributed by atoms with Crippen molar-refractivity contribution in [2.24, 2.45) is 38.7 Å². The van der Waals surface area contributed by atoms with Crippen molar-refractivity contribution < 1.29 is 24.0 Å². The fourth-order valence-corrected chi connectivity index (χ4v) is 6.90. The maximum absolute atomic E-state index is 13.7. The molecule has 4 atom stereocenters. The zero-order chi connectivity index (χ0) is 34.3. The molecule has 3 rings (SSSR count). The summed E-state index contributed by atoms with van der Waals surface area (Å²) in [5.74, 6) is -3.33. The van der Waals surface area contributed by atoms with E-state index in [1.165, 1.54) is 21.6 Å². The van der Waals surface area contributed by atoms with Crippen molar-refractivity contribution in [3.05, 3.63) is 48.0 Å². The molecule has 0 aromatic heterocycles. The minimum atomic E-state index is -1.13. The Labute approximate surface area is 279 Å². The molecular weight excluding hydrogens is 647 g/mol. The Morgan fingerprint density at radius 3 is 2.13 bits per heavy atom. The van der Waals surface area contributed by atoms with Gasteiger partial charge in [-0.2, -0.15) is 0 Å². The highest BCUT2D eigenvalue weighted by atomic mass is 33.1. The van der Waals surface area contributed by atoms with Crippen LogP contribution in [0.5, 0.6) is 0 Å². The van der Waals surface area contributed by atoms with Crippen molar-refractivity contribution in [3.63, 3.8) is 0 Å². The van der Waals surface area contributed by atoms with E-state index in [1.54, 1.807) is 0 Å². The van der Waals surface area contributed by atoms with Gasteiger partial charge in [0.05, 0.1) is 6.54 Å². The minimum absolute atomic E-state index is 0.0127. The number of fused-ring (bicyclic) bond motifs is 1. The average Bonchev–Trinajstić information content (AvgIpc) is 3.01. The Morgan fingerprint density at radius 1 is 0.787 bits per heavy atom. The van der Waals surface area contributed by atoms with Gasteiger partial charge in [-0.3, -0.25) is 34.0 Å². The molecule has 1 heterocycles. The highest BCUT2D eigenvalue weighted by Gasteiger charge is 2.32. The molecule has 16 nitrogen and oxygen atoms in total. The first-order valence-corrected chi connectivity index (χ1v) is 17.2. The van der Waals surface area contributed by atoms with Crippen molar-refractivity contribution in [2.45, 2.75) is 49.9 Å². The summed E-state index contributed by atoms with van der Waals surface area (Å²) in [5, 5.41) is 12.7. The zero-order valence-electron chi connectivity index (χ0n) is 25.6. The van der Waals surface area contributed by atoms with Crippen LogP contribution in [0.4, 0.5) is 0 Å². The molecule has 0 bridgehead atoms. The van der Waals surface area contributed by atoms with Crippen molar-refractivity contribution in [2.75, 3.05) is 24.6 Å². The fourth-order valence-electron chi connectivity index (χ4n) is 4.56. The third-order valence-corrected chi connectivity index (χ3v) is 9.38. The molecule has 0 spiro atoms. The lowest BCUT2D eigenvalue weighted by Crippen LogP contribution is -2.59. The SMILES string of the molecule is NC(=O)[C@@H]1CSSC[C@H](NC(=O)CCN=C(N)N)C(=O)N[C@H](CCCN=C(N)N)C(=O)N[C@H](Cc2ccc3ccccc3c2)C(=O)N1. The number of carbonyl (C=O) groups excluding carboxylic acids is 5. The third-order valence-electron chi connectivity index (χ3n) is 6.96. The summed E-state index contributed by atoms with van der Waals surface area (Å²) in [4.78, 5) is 73.5. The lowest BCUT2D eigenvalue weighted by Gasteiger charge is -2.27. The van der Waals surface area contributed by atoms with E-state index in [1.807, 2.05) is 42.5 Å². The van der Waals surface area contributed by atoms with Gasteiger partial charge in [-0.05, 0) is 29.2 Å². The van der Waals surface area contributed by atoms with E-state index in [2.05, 4.69) is 31.3 Å². The molecule has 2 aromatic carbocycles. The van der Waals surface area contributed by atoms with Crippen LogP contribution in [0.25, 0.3) is 10.8 Å². The Morgan fingerprint density at radius 2 is 1.43 bits per heavy atom. The van der Waals surface area contributed by atoms with Gasteiger partial charge in [0.2, 0.25) is 29.5 Å². The van der Waals surface area contributed by atoms with Crippen molar-refractivity contribution in [1.82, 2.24) is 21.3 Å². The van der Waals surface area contributed by atoms with E-state index in [0.717, 1.165) is 16.3 Å². The number of nitrogens with one attached hydrogen (secondary N) is 4. The van der Waals surface area contributed by atoms with Crippen LogP contribution in [0.2, 0.25) is 0 Å². The molecule has 1 aliphatic rings. The Bertz CT molecular complexity index is 1500. The molecule has 0 radical (unpaired) electrons. The van der Waals surface area contributed by atoms with E-state index in [9.17, 15) is 24.0 Å². The van der Waals surface area contributed by atoms with E-state index >= 15 is 0 Å². The van der Waals surface area contributed by atoms with Gasteiger partial charge >= 0.3 is 0 Å². The number of guanidine groups is 2. The first kappa shape index (κ1) is 36.8. The normalized spacial score (nSPS) is 20.9. The summed E-state index contributed by atoms with van der Waals surface area (Å²) in [6, 6.07) is 8.97. The number of hydrogen-bond donors (Lipinski definition) is 9. The maximum Gasteiger partial charge on any atom is 0.244 e. The smallest absolute Gasteiger partial charge is 0.244 e. The first-order valence-electron chi connectivity index (χ1n) is 14.8. The summed E-state index contributed by atoms with van der Waals surface area (Å²) >= 11 is 0. The summed E-state index contributed by atoms with van der Waals surface area (Å²) in [7, 11) is 2.37. The standard InChI is InChI=1S/C29H41N11O5S2/c30-24(42)21-14-46-47-15-22(37-23(41)9-11-36-29(33)34)27(45)38-19(6-3-10-35-28(31)32)25(43)39-20(26(44)40-21)13-16-7-8-17-4-1-2-5-18(17)12-16/h1-2,4-5,7-8,12,19-22H,3,6,9-11,13-15H2,(H2,30,42)(H,37,41)(H,38,45)(H,39,43)(H,40,44)(H4,31,32,35)(H4,33,34,36)/t19-,20-,21+,22+/m1/s1. The molecule has 1 aliphatic heterocycles. The molecule has 47 heavy (non-hydrogen) atoms. The van der Waals surface area contributed by atoms with Gasteiger partial charge in [0, 0.05) is 30.9 Å². The first-order chi connectivity index (χ1) is 22.4. The highest BCUT2D eigenvalue weighted by molar-refractivity contribution is 8.76. The van der Waals surface area contributed by atoms with Gasteiger partial charge in [-0.25, -0.2) is 0 Å². The predicted molar refractivity (Wildman–Crippen MR) is 185 cm³/mol. The lowest BCUT2D eigenvalue weighted by molar-refractivity contribution is -0.134. The number of rotatable bonds is 11. The number of primary amides is 1. The predicted octanol–water partition coefficient (Wildman–Crippen LogP) is -2.08. The van der Waals surface area contributed by atoms with Crippen molar-refractivity contribution >= 4 is 73.8 Å². The number of carbonyl (C=O) groups is 5. The minimum Gasteiger partial charge on any atom is -0.370 e. The topological polar surface area (TPSA) is 288 Å². The van der Waals surface area contributed by atoms with E-state index in [-0.39, 0.29) is 55.8 Å². The van der Waals surface area contributed by atoms with Crippen LogP contribution in [-0.4, -0.2) is 90.2 Å². The van der Waals surface area contributed by atoms with Crippen LogP contribution < -0.4 is 49.9 Å². The van der Waals surface area contributed by atoms with E-state index < -0.39 is 53.7 Å². The van der Waals surface area contributed by atoms with Gasteiger partial charge in [0.25, 0.3) is 0 Å². The largest absolute Gasteiger partial charge is 0.370 e. The molecule has 0 unspecified atom stereocenters. The number of hydrogen-bond acceptors (Lipinski definition) is 9. The molecule has 18 heteroatoms. The Hall–Kier alpha value is -4.71. The quantitative estimate of drug-likeness (QED) is 0.0535. The van der Waals surface area contributed by atoms with Gasteiger partial charge in [0.15, 0.2) is 11.9 Å². The molecule has 1 fully saturated rings. The van der Waals surface area contributed by atoms with Gasteiger partial charge in [0.1, 0.15) is 24.2 Å². The monoisotopic (exact) mass is 687 g/mol. The summed E-state index contributed by atoms with van der Waals surface area (Å²) < 4.78 is 0. The third kappa shape index (κ3) is 12.5. The number of nitrogens with zero attached hydrogens (tertiary/aromatic N) is 2. The molecule has 2 aromatic rings. The van der Waals surface area contributed by atoms with Crippen molar-refractivity contribution in [3.8, 4) is 0 Å². The highest BCUT2D eigenvalue weighted by Crippen LogP contribution is 2.24. The number of amides is 5. The molecule has 254 valence electrons. The van der Waals surface area contributed by atoms with E-state index in [0.29, 0.717) is 6.42 Å². The van der Waals surface area contributed by atoms with Crippen LogP contribution >= 0.6 is 21.6 Å². The van der Waals surface area contributed by atoms with Crippen LogP contribution in [0, 0.1) is 0 Å². The average molecular weight is 688 g/mol. The molecule has 0 aliphatic carbocycles. The second kappa shape index (κ2) is 18.4. The Balaban J connectivity index is 1.90. The number of nitrogens with two attached hydrogens (primary N) is 5. The Kier molecular flexibility index (Phi) is 14.4.